The van der Waals surface area contributed by atoms with E-state index in [2.05, 4.69) is 25.9 Å². The average molecular weight is 324 g/mol. The van der Waals surface area contributed by atoms with Gasteiger partial charge in [0.05, 0.1) is 26.1 Å². The molecular weight excluding hydrogens is 316 g/mol. The van der Waals surface area contributed by atoms with Gasteiger partial charge in [0.2, 0.25) is 0 Å². The van der Waals surface area contributed by atoms with Gasteiger partial charge in [0.15, 0.2) is 0 Å². The molecule has 5 heteroatoms. The first-order valence-corrected chi connectivity index (χ1v) is 6.46. The Balaban J connectivity index is 2.29. The highest BCUT2D eigenvalue weighted by atomic mass is 79.9. The fourth-order valence-electron chi connectivity index (χ4n) is 1.84. The smallest absolute Gasteiger partial charge is 0.143 e. The van der Waals surface area contributed by atoms with Gasteiger partial charge in [-0.15, -0.1) is 0 Å². The second-order valence-corrected chi connectivity index (χ2v) is 5.06. The van der Waals surface area contributed by atoms with E-state index in [0.717, 1.165) is 11.0 Å². The van der Waals surface area contributed by atoms with Crippen LogP contribution >= 0.6 is 27.5 Å². The molecule has 0 saturated heterocycles. The molecule has 0 amide bonds. The van der Waals surface area contributed by atoms with Crippen LogP contribution in [0.2, 0.25) is 5.02 Å². The topological polar surface area (TPSA) is 48.9 Å². The summed E-state index contributed by atoms with van der Waals surface area (Å²) < 4.78 is 0.628. The zero-order chi connectivity index (χ0) is 12.7. The number of benzene rings is 2. The summed E-state index contributed by atoms with van der Waals surface area (Å²) in [6, 6.07) is 10.9. The van der Waals surface area contributed by atoms with Gasteiger partial charge in [-0.25, -0.2) is 4.98 Å². The molecule has 1 aromatic heterocycles. The average Bonchev–Trinajstić information content (AvgIpc) is 2.77. The van der Waals surface area contributed by atoms with E-state index >= 15 is 0 Å². The molecule has 0 radical (unpaired) electrons. The number of aromatic nitrogens is 2. The van der Waals surface area contributed by atoms with Crippen molar-refractivity contribution >= 4 is 38.6 Å². The van der Waals surface area contributed by atoms with Crippen LogP contribution < -0.4 is 0 Å². The second-order valence-electron chi connectivity index (χ2n) is 3.86. The van der Waals surface area contributed by atoms with E-state index < -0.39 is 0 Å². The molecule has 1 heterocycles. The van der Waals surface area contributed by atoms with Gasteiger partial charge in [0, 0.05) is 0 Å². The number of rotatable bonds is 1. The maximum Gasteiger partial charge on any atom is 0.143 e. The predicted octanol–water partition coefficient (Wildman–Crippen LogP) is 4.35. The Hall–Kier alpha value is -1.52. The Morgan fingerprint density at radius 2 is 1.94 bits per heavy atom. The lowest BCUT2D eigenvalue weighted by Crippen LogP contribution is -1.84. The van der Waals surface area contributed by atoms with Gasteiger partial charge in [-0.3, -0.25) is 0 Å². The van der Waals surface area contributed by atoms with E-state index in [1.807, 2.05) is 24.3 Å². The molecule has 3 aromatic rings. The molecule has 0 bridgehead atoms. The molecule has 0 aliphatic carbocycles. The molecule has 0 atom stereocenters. The largest absolute Gasteiger partial charge is 0.507 e. The van der Waals surface area contributed by atoms with Crippen LogP contribution in [0.25, 0.3) is 22.4 Å². The summed E-state index contributed by atoms with van der Waals surface area (Å²) in [5, 5.41) is 10.5. The summed E-state index contributed by atoms with van der Waals surface area (Å²) >= 11 is 9.41. The lowest BCUT2D eigenvalue weighted by molar-refractivity contribution is 0.476. The number of H-pyrrole nitrogens is 1. The highest BCUT2D eigenvalue weighted by molar-refractivity contribution is 9.10. The number of halogens is 2. The summed E-state index contributed by atoms with van der Waals surface area (Å²) in [7, 11) is 0. The van der Waals surface area contributed by atoms with Crippen molar-refractivity contribution in [2.24, 2.45) is 0 Å². The Morgan fingerprint density at radius 1 is 1.17 bits per heavy atom. The first-order chi connectivity index (χ1) is 8.66. The van der Waals surface area contributed by atoms with E-state index in [9.17, 15) is 5.11 Å². The third-order valence-corrected chi connectivity index (χ3v) is 4.07. The first-order valence-electron chi connectivity index (χ1n) is 5.29. The van der Waals surface area contributed by atoms with Gasteiger partial charge < -0.3 is 10.1 Å². The minimum atomic E-state index is 0.130. The number of hydrogen-bond acceptors (Lipinski definition) is 2. The zero-order valence-electron chi connectivity index (χ0n) is 9.11. The van der Waals surface area contributed by atoms with Crippen LogP contribution in [0.4, 0.5) is 0 Å². The van der Waals surface area contributed by atoms with Crippen LogP contribution in [-0.2, 0) is 0 Å². The van der Waals surface area contributed by atoms with Crippen molar-refractivity contribution in [1.82, 2.24) is 9.97 Å². The summed E-state index contributed by atoms with van der Waals surface area (Å²) in [4.78, 5) is 7.60. The van der Waals surface area contributed by atoms with Crippen LogP contribution in [0.3, 0.4) is 0 Å². The molecule has 3 nitrogen and oxygen atoms in total. The van der Waals surface area contributed by atoms with Gasteiger partial charge in [0.1, 0.15) is 11.6 Å². The molecule has 90 valence electrons. The third-order valence-electron chi connectivity index (χ3n) is 2.70. The summed E-state index contributed by atoms with van der Waals surface area (Å²) in [5.74, 6) is 0.716. The number of aromatic hydroxyl groups is 1. The van der Waals surface area contributed by atoms with E-state index in [1.165, 1.54) is 0 Å². The quantitative estimate of drug-likeness (QED) is 0.699. The number of aromatic amines is 1. The van der Waals surface area contributed by atoms with Crippen molar-refractivity contribution < 1.29 is 5.11 Å². The van der Waals surface area contributed by atoms with Gasteiger partial charge in [-0.1, -0.05) is 23.7 Å². The fraction of sp³-hybridized carbons (Fsp3) is 0. The van der Waals surface area contributed by atoms with Gasteiger partial charge >= 0.3 is 0 Å². The molecule has 0 unspecified atom stereocenters. The molecule has 0 aliphatic heterocycles. The van der Waals surface area contributed by atoms with E-state index in [-0.39, 0.29) is 5.75 Å². The Labute approximate surface area is 117 Å². The maximum atomic E-state index is 9.95. The van der Waals surface area contributed by atoms with E-state index in [0.29, 0.717) is 20.9 Å². The Morgan fingerprint density at radius 3 is 2.72 bits per heavy atom. The number of imidazole rings is 1. The number of nitrogens with one attached hydrogen (secondary N) is 1. The normalized spacial score (nSPS) is 11.0. The van der Waals surface area contributed by atoms with Crippen molar-refractivity contribution in [2.45, 2.75) is 0 Å². The SMILES string of the molecule is Oc1ccc(Cl)c(Br)c1-c1nc2ccccc2[nH]1. The molecule has 2 N–H and O–H groups in total. The number of para-hydroxylation sites is 2. The fourth-order valence-corrected chi connectivity index (χ4v) is 2.52. The van der Waals surface area contributed by atoms with Crippen LogP contribution in [0.5, 0.6) is 5.75 Å². The number of phenolic OH excluding ortho intramolecular Hbond substituents is 1. The Bertz CT molecular complexity index is 706. The molecule has 0 saturated carbocycles. The second kappa shape index (κ2) is 4.30. The van der Waals surface area contributed by atoms with Crippen LogP contribution in [-0.4, -0.2) is 15.1 Å². The van der Waals surface area contributed by atoms with Crippen LogP contribution in [0.15, 0.2) is 40.9 Å². The standard InChI is InChI=1S/C13H8BrClN2O/c14-12-7(15)5-6-10(18)11(12)13-16-8-3-1-2-4-9(8)17-13/h1-6,18H,(H,16,17). The molecule has 0 spiro atoms. The summed E-state index contributed by atoms with van der Waals surface area (Å²) in [6.07, 6.45) is 0. The van der Waals surface area contributed by atoms with Crippen molar-refractivity contribution in [2.75, 3.05) is 0 Å². The molecule has 3 rings (SSSR count). The first kappa shape index (κ1) is 11.6. The highest BCUT2D eigenvalue weighted by Crippen LogP contribution is 2.39. The molecule has 0 aliphatic rings. The minimum Gasteiger partial charge on any atom is -0.507 e. The van der Waals surface area contributed by atoms with Gasteiger partial charge in [0.25, 0.3) is 0 Å². The monoisotopic (exact) mass is 322 g/mol. The van der Waals surface area contributed by atoms with E-state index in [4.69, 9.17) is 11.6 Å². The summed E-state index contributed by atoms with van der Waals surface area (Å²) in [6.45, 7) is 0. The van der Waals surface area contributed by atoms with Crippen molar-refractivity contribution in [3.05, 3.63) is 45.9 Å². The van der Waals surface area contributed by atoms with Crippen molar-refractivity contribution in [3.8, 4) is 17.1 Å². The molecule has 18 heavy (non-hydrogen) atoms. The number of hydrogen-bond donors (Lipinski definition) is 2. The number of nitrogens with zero attached hydrogens (tertiary/aromatic N) is 1. The maximum absolute atomic E-state index is 9.95. The number of fused-ring (bicyclic) bond motifs is 1. The molecular formula is C13H8BrClN2O. The Kier molecular flexibility index (Phi) is 2.76. The van der Waals surface area contributed by atoms with Crippen molar-refractivity contribution in [1.29, 1.82) is 0 Å². The van der Waals surface area contributed by atoms with Crippen LogP contribution in [0, 0.1) is 0 Å². The zero-order valence-corrected chi connectivity index (χ0v) is 11.5. The van der Waals surface area contributed by atoms with E-state index in [1.54, 1.807) is 12.1 Å². The highest BCUT2D eigenvalue weighted by Gasteiger charge is 2.15. The van der Waals surface area contributed by atoms with Gasteiger partial charge in [-0.05, 0) is 40.2 Å². The summed E-state index contributed by atoms with van der Waals surface area (Å²) in [5.41, 5.74) is 2.33. The van der Waals surface area contributed by atoms with Crippen molar-refractivity contribution in [3.63, 3.8) is 0 Å². The third kappa shape index (κ3) is 1.78. The lowest BCUT2D eigenvalue weighted by atomic mass is 10.2. The number of phenols is 1. The predicted molar refractivity (Wildman–Crippen MR) is 75.9 cm³/mol. The minimum absolute atomic E-state index is 0.130. The molecule has 0 fully saturated rings. The van der Waals surface area contributed by atoms with Gasteiger partial charge in [-0.2, -0.15) is 0 Å². The van der Waals surface area contributed by atoms with Crippen LogP contribution in [0.1, 0.15) is 0 Å². The molecule has 2 aromatic carbocycles. The lowest BCUT2D eigenvalue weighted by Gasteiger charge is -2.05.